The molecule has 0 unspecified atom stereocenters. The number of halogens is 2. The molecule has 84 valence electrons. The molecular formula is C9H14Cl2N4. The van der Waals surface area contributed by atoms with E-state index in [2.05, 4.69) is 14.9 Å². The number of nitrogens with zero attached hydrogens (tertiary/aromatic N) is 3. The van der Waals surface area contributed by atoms with Gasteiger partial charge in [0.15, 0.2) is 0 Å². The lowest BCUT2D eigenvalue weighted by atomic mass is 10.2. The highest BCUT2D eigenvalue weighted by Crippen LogP contribution is 2.23. The summed E-state index contributed by atoms with van der Waals surface area (Å²) in [5.41, 5.74) is 6.18. The summed E-state index contributed by atoms with van der Waals surface area (Å²) in [6.07, 6.45) is 1.72. The summed E-state index contributed by atoms with van der Waals surface area (Å²) in [6, 6.07) is 0. The molecule has 0 saturated carbocycles. The molecule has 0 aromatic carbocycles. The summed E-state index contributed by atoms with van der Waals surface area (Å²) in [6.45, 7) is 0.969. The molecule has 0 radical (unpaired) electrons. The quantitative estimate of drug-likeness (QED) is 0.827. The van der Waals surface area contributed by atoms with Gasteiger partial charge in [-0.15, -0.1) is 0 Å². The molecule has 2 N–H and O–H groups in total. The SMILES string of the molecule is CN(C)CCCc1c(Cl)nc(N)nc1Cl. The van der Waals surface area contributed by atoms with Gasteiger partial charge in [-0.3, -0.25) is 0 Å². The lowest BCUT2D eigenvalue weighted by Crippen LogP contribution is -2.14. The summed E-state index contributed by atoms with van der Waals surface area (Å²) in [4.78, 5) is 9.83. The normalized spacial score (nSPS) is 11.0. The Morgan fingerprint density at radius 2 is 1.73 bits per heavy atom. The van der Waals surface area contributed by atoms with Crippen LogP contribution in [0.1, 0.15) is 12.0 Å². The zero-order chi connectivity index (χ0) is 11.4. The maximum absolute atomic E-state index is 5.92. The molecule has 0 aliphatic heterocycles. The van der Waals surface area contributed by atoms with E-state index in [-0.39, 0.29) is 5.95 Å². The third-order valence-corrected chi connectivity index (χ3v) is 2.58. The standard InChI is InChI=1S/C9H14Cl2N4/c1-15(2)5-3-4-6-7(10)13-9(12)14-8(6)11/h3-5H2,1-2H3,(H2,12,13,14). The summed E-state index contributed by atoms with van der Waals surface area (Å²) in [5, 5.41) is 0.706. The number of aromatic nitrogens is 2. The van der Waals surface area contributed by atoms with Crippen molar-refractivity contribution in [2.75, 3.05) is 26.4 Å². The van der Waals surface area contributed by atoms with Crippen LogP contribution in [0.3, 0.4) is 0 Å². The van der Waals surface area contributed by atoms with Gasteiger partial charge in [-0.05, 0) is 33.5 Å². The summed E-state index contributed by atoms with van der Waals surface area (Å²) < 4.78 is 0. The minimum atomic E-state index is 0.112. The van der Waals surface area contributed by atoms with Crippen molar-refractivity contribution >= 4 is 29.2 Å². The second kappa shape index (κ2) is 5.49. The number of nitrogen functional groups attached to an aromatic ring is 1. The van der Waals surface area contributed by atoms with Gasteiger partial charge in [0.05, 0.1) is 0 Å². The average Bonchev–Trinajstić information content (AvgIpc) is 2.08. The number of hydrogen-bond donors (Lipinski definition) is 1. The Morgan fingerprint density at radius 3 is 2.20 bits per heavy atom. The van der Waals surface area contributed by atoms with E-state index in [1.807, 2.05) is 14.1 Å². The molecule has 6 heteroatoms. The van der Waals surface area contributed by atoms with E-state index < -0.39 is 0 Å². The van der Waals surface area contributed by atoms with E-state index in [0.29, 0.717) is 10.3 Å². The Balaban J connectivity index is 2.68. The van der Waals surface area contributed by atoms with Crippen LogP contribution in [0.2, 0.25) is 10.3 Å². The van der Waals surface area contributed by atoms with Gasteiger partial charge < -0.3 is 10.6 Å². The second-order valence-electron chi connectivity index (χ2n) is 3.55. The lowest BCUT2D eigenvalue weighted by Gasteiger charge is -2.10. The maximum Gasteiger partial charge on any atom is 0.222 e. The van der Waals surface area contributed by atoms with E-state index >= 15 is 0 Å². The van der Waals surface area contributed by atoms with Crippen molar-refractivity contribution in [1.82, 2.24) is 14.9 Å². The topological polar surface area (TPSA) is 55.0 Å². The third-order valence-electron chi connectivity index (χ3n) is 1.96. The monoisotopic (exact) mass is 248 g/mol. The van der Waals surface area contributed by atoms with Crippen LogP contribution < -0.4 is 5.73 Å². The smallest absolute Gasteiger partial charge is 0.222 e. The number of hydrogen-bond acceptors (Lipinski definition) is 4. The molecular weight excluding hydrogens is 235 g/mol. The fourth-order valence-electron chi connectivity index (χ4n) is 1.22. The molecule has 1 aromatic heterocycles. The van der Waals surface area contributed by atoms with E-state index in [4.69, 9.17) is 28.9 Å². The second-order valence-corrected chi connectivity index (χ2v) is 4.26. The highest BCUT2D eigenvalue weighted by molar-refractivity contribution is 6.34. The van der Waals surface area contributed by atoms with E-state index in [0.717, 1.165) is 24.9 Å². The fourth-order valence-corrected chi connectivity index (χ4v) is 1.81. The molecule has 0 fully saturated rings. The summed E-state index contributed by atoms with van der Waals surface area (Å²) in [5.74, 6) is 0.112. The van der Waals surface area contributed by atoms with Gasteiger partial charge in [-0.25, -0.2) is 9.97 Å². The van der Waals surface area contributed by atoms with Crippen molar-refractivity contribution in [3.05, 3.63) is 15.9 Å². The molecule has 1 aromatic rings. The minimum Gasteiger partial charge on any atom is -0.368 e. The zero-order valence-electron chi connectivity index (χ0n) is 8.80. The molecule has 1 rings (SSSR count). The van der Waals surface area contributed by atoms with Gasteiger partial charge in [0.2, 0.25) is 5.95 Å². The summed E-state index contributed by atoms with van der Waals surface area (Å²) >= 11 is 11.8. The first kappa shape index (κ1) is 12.5. The van der Waals surface area contributed by atoms with Gasteiger partial charge in [-0.1, -0.05) is 23.2 Å². The Labute approximate surface area is 99.4 Å². The predicted octanol–water partition coefficient (Wildman–Crippen LogP) is 1.86. The minimum absolute atomic E-state index is 0.112. The molecule has 0 bridgehead atoms. The first-order valence-corrected chi connectivity index (χ1v) is 5.38. The van der Waals surface area contributed by atoms with Gasteiger partial charge in [-0.2, -0.15) is 0 Å². The van der Waals surface area contributed by atoms with Crippen LogP contribution in [-0.2, 0) is 6.42 Å². The molecule has 0 saturated heterocycles. The van der Waals surface area contributed by atoms with Crippen LogP contribution in [0.5, 0.6) is 0 Å². The van der Waals surface area contributed by atoms with E-state index in [1.54, 1.807) is 0 Å². The third kappa shape index (κ3) is 3.81. The van der Waals surface area contributed by atoms with E-state index in [9.17, 15) is 0 Å². The molecule has 0 amide bonds. The molecule has 0 aliphatic rings. The van der Waals surface area contributed by atoms with Crippen molar-refractivity contribution in [2.24, 2.45) is 0 Å². The molecule has 0 aliphatic carbocycles. The Bertz CT molecular complexity index is 318. The molecule has 15 heavy (non-hydrogen) atoms. The molecule has 1 heterocycles. The Morgan fingerprint density at radius 1 is 1.20 bits per heavy atom. The van der Waals surface area contributed by atoms with Crippen LogP contribution >= 0.6 is 23.2 Å². The highest BCUT2D eigenvalue weighted by atomic mass is 35.5. The number of anilines is 1. The van der Waals surface area contributed by atoms with Crippen molar-refractivity contribution in [2.45, 2.75) is 12.8 Å². The van der Waals surface area contributed by atoms with Gasteiger partial charge in [0.1, 0.15) is 10.3 Å². The highest BCUT2D eigenvalue weighted by Gasteiger charge is 2.09. The zero-order valence-corrected chi connectivity index (χ0v) is 10.3. The maximum atomic E-state index is 5.92. The van der Waals surface area contributed by atoms with Crippen LogP contribution in [0.15, 0.2) is 0 Å². The lowest BCUT2D eigenvalue weighted by molar-refractivity contribution is 0.400. The van der Waals surface area contributed by atoms with Crippen molar-refractivity contribution in [3.63, 3.8) is 0 Å². The van der Waals surface area contributed by atoms with Crippen LogP contribution in [0.4, 0.5) is 5.95 Å². The molecule has 0 spiro atoms. The Hall–Kier alpha value is -0.580. The predicted molar refractivity (Wildman–Crippen MR) is 63.3 cm³/mol. The number of nitrogens with two attached hydrogens (primary N) is 1. The average molecular weight is 249 g/mol. The van der Waals surface area contributed by atoms with Gasteiger partial charge in [0, 0.05) is 5.56 Å². The molecule has 4 nitrogen and oxygen atoms in total. The largest absolute Gasteiger partial charge is 0.368 e. The Kier molecular flexibility index (Phi) is 4.57. The fraction of sp³-hybridized carbons (Fsp3) is 0.556. The molecule has 0 atom stereocenters. The van der Waals surface area contributed by atoms with Crippen molar-refractivity contribution in [1.29, 1.82) is 0 Å². The van der Waals surface area contributed by atoms with Gasteiger partial charge >= 0.3 is 0 Å². The van der Waals surface area contributed by atoms with Crippen LogP contribution in [0, 0.1) is 0 Å². The van der Waals surface area contributed by atoms with Crippen molar-refractivity contribution in [3.8, 4) is 0 Å². The first-order chi connectivity index (χ1) is 7.00. The van der Waals surface area contributed by atoms with E-state index in [1.165, 1.54) is 0 Å². The summed E-state index contributed by atoms with van der Waals surface area (Å²) in [7, 11) is 4.03. The first-order valence-electron chi connectivity index (χ1n) is 4.63. The van der Waals surface area contributed by atoms with Crippen LogP contribution in [-0.4, -0.2) is 35.5 Å². The number of rotatable bonds is 4. The van der Waals surface area contributed by atoms with Crippen molar-refractivity contribution < 1.29 is 0 Å². The van der Waals surface area contributed by atoms with Crippen LogP contribution in [0.25, 0.3) is 0 Å². The van der Waals surface area contributed by atoms with Gasteiger partial charge in [0.25, 0.3) is 0 Å².